The standard InChI is InChI=1S/C12H14BrN3O4/c1-2-16(6-10(14)17)12(20)15-9-4-3-7(11(18)19)5-8(9)13/h3-5H,2,6H2,1H3,(H2,14,17)(H,15,20)(H,18,19). The van der Waals surface area contributed by atoms with Crippen LogP contribution in [-0.2, 0) is 4.79 Å². The van der Waals surface area contributed by atoms with E-state index >= 15 is 0 Å². The average Bonchev–Trinajstić information content (AvgIpc) is 2.37. The summed E-state index contributed by atoms with van der Waals surface area (Å²) in [4.78, 5) is 34.8. The van der Waals surface area contributed by atoms with E-state index in [9.17, 15) is 14.4 Å². The highest BCUT2D eigenvalue weighted by molar-refractivity contribution is 9.10. The van der Waals surface area contributed by atoms with E-state index in [1.165, 1.54) is 23.1 Å². The van der Waals surface area contributed by atoms with Crippen molar-refractivity contribution in [2.45, 2.75) is 6.92 Å². The topological polar surface area (TPSA) is 113 Å². The van der Waals surface area contributed by atoms with Gasteiger partial charge < -0.3 is 21.1 Å². The highest BCUT2D eigenvalue weighted by Crippen LogP contribution is 2.24. The third-order valence-corrected chi connectivity index (χ3v) is 3.13. The number of nitrogens with two attached hydrogens (primary N) is 1. The molecular weight excluding hydrogens is 330 g/mol. The summed E-state index contributed by atoms with van der Waals surface area (Å²) in [7, 11) is 0. The Hall–Kier alpha value is -2.09. The van der Waals surface area contributed by atoms with Crippen LogP contribution in [0.2, 0.25) is 0 Å². The average molecular weight is 344 g/mol. The molecule has 0 spiro atoms. The fraction of sp³-hybridized carbons (Fsp3) is 0.250. The molecule has 0 atom stereocenters. The van der Waals surface area contributed by atoms with Crippen molar-refractivity contribution in [3.8, 4) is 0 Å². The minimum Gasteiger partial charge on any atom is -0.478 e. The molecule has 0 aliphatic carbocycles. The van der Waals surface area contributed by atoms with Gasteiger partial charge in [0, 0.05) is 11.0 Å². The lowest BCUT2D eigenvalue weighted by atomic mass is 10.2. The van der Waals surface area contributed by atoms with Crippen LogP contribution in [0.25, 0.3) is 0 Å². The number of nitrogens with one attached hydrogen (secondary N) is 1. The number of halogens is 1. The Morgan fingerprint density at radius 1 is 1.40 bits per heavy atom. The van der Waals surface area contributed by atoms with Gasteiger partial charge in [-0.2, -0.15) is 0 Å². The van der Waals surface area contributed by atoms with Crippen molar-refractivity contribution < 1.29 is 19.5 Å². The number of carbonyl (C=O) groups excluding carboxylic acids is 2. The largest absolute Gasteiger partial charge is 0.478 e. The zero-order chi connectivity index (χ0) is 15.3. The van der Waals surface area contributed by atoms with Gasteiger partial charge in [0.25, 0.3) is 0 Å². The van der Waals surface area contributed by atoms with Crippen LogP contribution in [0.4, 0.5) is 10.5 Å². The quantitative estimate of drug-likeness (QED) is 0.751. The number of carbonyl (C=O) groups is 3. The van der Waals surface area contributed by atoms with Gasteiger partial charge >= 0.3 is 12.0 Å². The first-order chi connectivity index (χ1) is 9.35. The lowest BCUT2D eigenvalue weighted by Crippen LogP contribution is -2.40. The molecule has 0 saturated carbocycles. The molecule has 0 saturated heterocycles. The molecule has 8 heteroatoms. The van der Waals surface area contributed by atoms with Gasteiger partial charge in [0.1, 0.15) is 6.54 Å². The molecule has 0 aromatic heterocycles. The van der Waals surface area contributed by atoms with E-state index < -0.39 is 17.9 Å². The van der Waals surface area contributed by atoms with Gasteiger partial charge in [-0.3, -0.25) is 4.79 Å². The van der Waals surface area contributed by atoms with Gasteiger partial charge in [0.2, 0.25) is 5.91 Å². The molecule has 3 amide bonds. The van der Waals surface area contributed by atoms with E-state index in [2.05, 4.69) is 21.2 Å². The second kappa shape index (κ2) is 6.90. The van der Waals surface area contributed by atoms with E-state index in [0.29, 0.717) is 16.7 Å². The Bertz CT molecular complexity index is 548. The Morgan fingerprint density at radius 3 is 2.50 bits per heavy atom. The number of hydrogen-bond acceptors (Lipinski definition) is 3. The monoisotopic (exact) mass is 343 g/mol. The Kier molecular flexibility index (Phi) is 5.51. The maximum atomic E-state index is 11.9. The van der Waals surface area contributed by atoms with Crippen LogP contribution in [0, 0.1) is 0 Å². The number of carboxylic acids is 1. The Morgan fingerprint density at radius 2 is 2.05 bits per heavy atom. The third-order valence-electron chi connectivity index (χ3n) is 2.47. The Labute approximate surface area is 123 Å². The molecule has 4 N–H and O–H groups in total. The van der Waals surface area contributed by atoms with Crippen LogP contribution >= 0.6 is 15.9 Å². The molecule has 108 valence electrons. The molecule has 0 aliphatic heterocycles. The number of likely N-dealkylation sites (N-methyl/N-ethyl adjacent to an activating group) is 1. The molecule has 1 rings (SSSR count). The van der Waals surface area contributed by atoms with Gasteiger partial charge in [0.05, 0.1) is 11.3 Å². The summed E-state index contributed by atoms with van der Waals surface area (Å²) < 4.78 is 0.431. The number of urea groups is 1. The molecule has 7 nitrogen and oxygen atoms in total. The van der Waals surface area contributed by atoms with Gasteiger partial charge in [-0.05, 0) is 41.1 Å². The molecule has 0 heterocycles. The highest BCUT2D eigenvalue weighted by atomic mass is 79.9. The first-order valence-electron chi connectivity index (χ1n) is 5.72. The van der Waals surface area contributed by atoms with Crippen LogP contribution in [0.15, 0.2) is 22.7 Å². The summed E-state index contributed by atoms with van der Waals surface area (Å²) in [6, 6.07) is 3.72. The SMILES string of the molecule is CCN(CC(N)=O)C(=O)Nc1ccc(C(=O)O)cc1Br. The summed E-state index contributed by atoms with van der Waals surface area (Å²) >= 11 is 3.18. The molecule has 1 aromatic carbocycles. The van der Waals surface area contributed by atoms with E-state index in [4.69, 9.17) is 10.8 Å². The van der Waals surface area contributed by atoms with Crippen LogP contribution in [0.5, 0.6) is 0 Å². The zero-order valence-electron chi connectivity index (χ0n) is 10.7. The van der Waals surface area contributed by atoms with Crippen LogP contribution in [0.1, 0.15) is 17.3 Å². The van der Waals surface area contributed by atoms with Gasteiger partial charge in [-0.1, -0.05) is 0 Å². The molecule has 0 radical (unpaired) electrons. The number of hydrogen-bond donors (Lipinski definition) is 3. The maximum absolute atomic E-state index is 11.9. The number of anilines is 1. The van der Waals surface area contributed by atoms with Gasteiger partial charge in [0.15, 0.2) is 0 Å². The molecule has 1 aromatic rings. The van der Waals surface area contributed by atoms with Crippen LogP contribution in [-0.4, -0.2) is 41.0 Å². The van der Waals surface area contributed by atoms with Crippen LogP contribution < -0.4 is 11.1 Å². The lowest BCUT2D eigenvalue weighted by Gasteiger charge is -2.20. The number of amides is 3. The molecule has 0 unspecified atom stereocenters. The minimum atomic E-state index is -1.06. The molecule has 0 aliphatic rings. The van der Waals surface area contributed by atoms with Crippen molar-refractivity contribution in [3.63, 3.8) is 0 Å². The van der Waals surface area contributed by atoms with Crippen molar-refractivity contribution in [3.05, 3.63) is 28.2 Å². The number of carboxylic acid groups (broad SMARTS) is 1. The summed E-state index contributed by atoms with van der Waals surface area (Å²) in [5.41, 5.74) is 5.55. The number of benzene rings is 1. The van der Waals surface area contributed by atoms with E-state index in [1.807, 2.05) is 0 Å². The predicted molar refractivity (Wildman–Crippen MR) is 76.6 cm³/mol. The van der Waals surface area contributed by atoms with Crippen molar-refractivity contribution in [2.75, 3.05) is 18.4 Å². The zero-order valence-corrected chi connectivity index (χ0v) is 12.3. The van der Waals surface area contributed by atoms with E-state index in [0.717, 1.165) is 0 Å². The molecular formula is C12H14BrN3O4. The van der Waals surface area contributed by atoms with Crippen molar-refractivity contribution in [1.29, 1.82) is 0 Å². The number of primary amides is 1. The summed E-state index contributed by atoms with van der Waals surface area (Å²) in [5, 5.41) is 11.4. The van der Waals surface area contributed by atoms with Gasteiger partial charge in [-0.25, -0.2) is 9.59 Å². The second-order valence-corrected chi connectivity index (χ2v) is 4.76. The predicted octanol–water partition coefficient (Wildman–Crippen LogP) is 1.49. The first kappa shape index (κ1) is 16.0. The number of rotatable bonds is 5. The summed E-state index contributed by atoms with van der Waals surface area (Å²) in [5.74, 6) is -1.67. The maximum Gasteiger partial charge on any atom is 0.335 e. The summed E-state index contributed by atoms with van der Waals surface area (Å²) in [6.07, 6.45) is 0. The van der Waals surface area contributed by atoms with Crippen molar-refractivity contribution >= 4 is 39.5 Å². The van der Waals surface area contributed by atoms with Crippen molar-refractivity contribution in [2.24, 2.45) is 5.73 Å². The minimum absolute atomic E-state index is 0.0966. The highest BCUT2D eigenvalue weighted by Gasteiger charge is 2.15. The summed E-state index contributed by atoms with van der Waals surface area (Å²) in [6.45, 7) is 1.85. The second-order valence-electron chi connectivity index (χ2n) is 3.91. The van der Waals surface area contributed by atoms with E-state index in [-0.39, 0.29) is 12.1 Å². The van der Waals surface area contributed by atoms with Crippen molar-refractivity contribution in [1.82, 2.24) is 4.90 Å². The molecule has 0 bridgehead atoms. The fourth-order valence-corrected chi connectivity index (χ4v) is 1.94. The third kappa shape index (κ3) is 4.23. The Balaban J connectivity index is 2.84. The number of nitrogens with zero attached hydrogens (tertiary/aromatic N) is 1. The normalized spacial score (nSPS) is 9.90. The molecule has 20 heavy (non-hydrogen) atoms. The lowest BCUT2D eigenvalue weighted by molar-refractivity contribution is -0.118. The smallest absolute Gasteiger partial charge is 0.335 e. The fourth-order valence-electron chi connectivity index (χ4n) is 1.46. The first-order valence-corrected chi connectivity index (χ1v) is 6.51. The number of aromatic carboxylic acids is 1. The molecule has 0 fully saturated rings. The van der Waals surface area contributed by atoms with Crippen LogP contribution in [0.3, 0.4) is 0 Å². The van der Waals surface area contributed by atoms with E-state index in [1.54, 1.807) is 6.92 Å². The van der Waals surface area contributed by atoms with Gasteiger partial charge in [-0.15, -0.1) is 0 Å².